The van der Waals surface area contributed by atoms with E-state index in [-0.39, 0.29) is 10.9 Å². The lowest BCUT2D eigenvalue weighted by Crippen LogP contribution is -2.44. The molecule has 1 aromatic heterocycles. The molecule has 0 aliphatic rings. The average Bonchev–Trinajstić information content (AvgIpc) is 2.66. The maximum Gasteiger partial charge on any atom is 0.232 e. The summed E-state index contributed by atoms with van der Waals surface area (Å²) in [5.41, 5.74) is 6.74. The second-order valence-electron chi connectivity index (χ2n) is 4.80. The molecule has 0 atom stereocenters. The predicted octanol–water partition coefficient (Wildman–Crippen LogP) is 0.911. The van der Waals surface area contributed by atoms with Crippen LogP contribution in [0.4, 0.5) is 0 Å². The Hall–Kier alpha value is -1.43. The average molecular weight is 268 g/mol. The number of carbonyl (C=O) groups excluding carboxylic acids is 1. The second kappa shape index (κ2) is 5.48. The minimum Gasteiger partial charge on any atom is -0.392 e. The third-order valence-electron chi connectivity index (χ3n) is 2.95. The van der Waals surface area contributed by atoms with Crippen LogP contribution >= 0.6 is 12.2 Å². The van der Waals surface area contributed by atoms with Crippen molar-refractivity contribution in [3.8, 4) is 0 Å². The highest BCUT2D eigenvalue weighted by atomic mass is 32.1. The summed E-state index contributed by atoms with van der Waals surface area (Å²) >= 11 is 4.89. The number of aryl methyl sites for hydroxylation is 2. The van der Waals surface area contributed by atoms with Crippen molar-refractivity contribution in [2.75, 3.05) is 0 Å². The van der Waals surface area contributed by atoms with Crippen LogP contribution in [0.5, 0.6) is 0 Å². The third-order valence-corrected chi connectivity index (χ3v) is 3.46. The lowest BCUT2D eigenvalue weighted by atomic mass is 9.92. The maximum atomic E-state index is 12.0. The molecule has 1 rings (SSSR count). The molecule has 0 aliphatic carbocycles. The van der Waals surface area contributed by atoms with Crippen molar-refractivity contribution < 1.29 is 4.79 Å². The summed E-state index contributed by atoms with van der Waals surface area (Å²) in [5, 5.41) is 7.17. The van der Waals surface area contributed by atoms with Crippen molar-refractivity contribution in [1.82, 2.24) is 15.1 Å². The number of aromatic nitrogens is 2. The molecule has 1 heterocycles. The quantitative estimate of drug-likeness (QED) is 0.779. The Morgan fingerprint density at radius 1 is 1.61 bits per heavy atom. The Bertz CT molecular complexity index is 465. The molecule has 0 aromatic carbocycles. The summed E-state index contributed by atoms with van der Waals surface area (Å²) < 4.78 is 1.75. The molecule has 1 aromatic rings. The van der Waals surface area contributed by atoms with E-state index in [2.05, 4.69) is 10.4 Å². The molecule has 0 unspecified atom stereocenters. The van der Waals surface area contributed by atoms with Crippen LogP contribution in [0.1, 0.15) is 32.0 Å². The van der Waals surface area contributed by atoms with E-state index in [1.54, 1.807) is 18.5 Å². The molecule has 0 spiro atoms. The number of nitrogens with two attached hydrogens (primary N) is 1. The molecular weight excluding hydrogens is 248 g/mol. The number of thiocarbonyl (C=S) groups is 1. The summed E-state index contributed by atoms with van der Waals surface area (Å²) in [4.78, 5) is 12.2. The number of carbonyl (C=O) groups is 1. The molecule has 3 N–H and O–H groups in total. The van der Waals surface area contributed by atoms with E-state index in [1.165, 1.54) is 0 Å². The fourth-order valence-electron chi connectivity index (χ4n) is 1.54. The van der Waals surface area contributed by atoms with Gasteiger partial charge in [0.1, 0.15) is 0 Å². The Kier molecular flexibility index (Phi) is 4.45. The van der Waals surface area contributed by atoms with Crippen molar-refractivity contribution in [3.63, 3.8) is 0 Å². The van der Waals surface area contributed by atoms with E-state index in [0.717, 1.165) is 17.7 Å². The van der Waals surface area contributed by atoms with Gasteiger partial charge in [0, 0.05) is 25.4 Å². The van der Waals surface area contributed by atoms with Crippen molar-refractivity contribution in [3.05, 3.63) is 17.5 Å². The van der Waals surface area contributed by atoms with Gasteiger partial charge < -0.3 is 11.1 Å². The van der Waals surface area contributed by atoms with Gasteiger partial charge >= 0.3 is 0 Å². The van der Waals surface area contributed by atoms with Gasteiger partial charge in [0.2, 0.25) is 5.91 Å². The van der Waals surface area contributed by atoms with Gasteiger partial charge in [-0.2, -0.15) is 5.10 Å². The Labute approximate surface area is 113 Å². The van der Waals surface area contributed by atoms with E-state index in [4.69, 9.17) is 18.0 Å². The largest absolute Gasteiger partial charge is 0.392 e. The molecule has 0 radical (unpaired) electrons. The molecule has 0 bridgehead atoms. The zero-order valence-corrected chi connectivity index (χ0v) is 12.1. The van der Waals surface area contributed by atoms with Gasteiger partial charge in [-0.3, -0.25) is 9.48 Å². The van der Waals surface area contributed by atoms with Gasteiger partial charge in [0.05, 0.1) is 16.1 Å². The Morgan fingerprint density at radius 3 is 2.72 bits per heavy atom. The minimum atomic E-state index is -0.829. The molecule has 6 heteroatoms. The molecule has 0 saturated heterocycles. The van der Waals surface area contributed by atoms with Crippen molar-refractivity contribution in [1.29, 1.82) is 0 Å². The molecule has 18 heavy (non-hydrogen) atoms. The van der Waals surface area contributed by atoms with Crippen LogP contribution in [0, 0.1) is 5.41 Å². The first-order chi connectivity index (χ1) is 8.28. The van der Waals surface area contributed by atoms with Gasteiger partial charge in [-0.15, -0.1) is 0 Å². The predicted molar refractivity (Wildman–Crippen MR) is 75.0 cm³/mol. The number of rotatable bonds is 5. The Balaban J connectivity index is 2.71. The lowest BCUT2D eigenvalue weighted by molar-refractivity contribution is -0.126. The van der Waals surface area contributed by atoms with E-state index in [9.17, 15) is 4.79 Å². The standard InChI is InChI=1S/C12H20N4OS/c1-5-9-8(7-16(4)15-9)6-14-11(17)12(2,3)10(13)18/h7H,5-6H2,1-4H3,(H2,13,18)(H,14,17). The smallest absolute Gasteiger partial charge is 0.232 e. The first kappa shape index (κ1) is 14.6. The topological polar surface area (TPSA) is 72.9 Å². The summed E-state index contributed by atoms with van der Waals surface area (Å²) in [5.74, 6) is -0.166. The normalized spacial score (nSPS) is 11.3. The highest BCUT2D eigenvalue weighted by molar-refractivity contribution is 7.80. The Morgan fingerprint density at radius 2 is 2.22 bits per heavy atom. The van der Waals surface area contributed by atoms with Crippen molar-refractivity contribution in [2.24, 2.45) is 18.2 Å². The molecule has 0 aliphatic heterocycles. The molecular formula is C12H20N4OS. The zero-order chi connectivity index (χ0) is 13.9. The van der Waals surface area contributed by atoms with Gasteiger partial charge in [-0.05, 0) is 20.3 Å². The molecule has 5 nitrogen and oxygen atoms in total. The van der Waals surface area contributed by atoms with Crippen LogP contribution in [-0.2, 0) is 24.8 Å². The molecule has 100 valence electrons. The molecule has 1 amide bonds. The lowest BCUT2D eigenvalue weighted by Gasteiger charge is -2.21. The fraction of sp³-hybridized carbons (Fsp3) is 0.583. The SMILES string of the molecule is CCc1nn(C)cc1CNC(=O)C(C)(C)C(N)=S. The van der Waals surface area contributed by atoms with Gasteiger partial charge in [-0.1, -0.05) is 19.1 Å². The molecule has 0 fully saturated rings. The third kappa shape index (κ3) is 3.07. The highest BCUT2D eigenvalue weighted by Crippen LogP contribution is 2.16. The van der Waals surface area contributed by atoms with Crippen LogP contribution in [0.2, 0.25) is 0 Å². The number of amides is 1. The van der Waals surface area contributed by atoms with Gasteiger partial charge in [0.25, 0.3) is 0 Å². The number of hydrogen-bond acceptors (Lipinski definition) is 3. The second-order valence-corrected chi connectivity index (χ2v) is 5.24. The van der Waals surface area contributed by atoms with E-state index in [0.29, 0.717) is 6.54 Å². The zero-order valence-electron chi connectivity index (χ0n) is 11.3. The maximum absolute atomic E-state index is 12.0. The van der Waals surface area contributed by atoms with Crippen LogP contribution in [0.25, 0.3) is 0 Å². The highest BCUT2D eigenvalue weighted by Gasteiger charge is 2.30. The summed E-state index contributed by atoms with van der Waals surface area (Å²) in [6.45, 7) is 5.91. The monoisotopic (exact) mass is 268 g/mol. The summed E-state index contributed by atoms with van der Waals surface area (Å²) in [6, 6.07) is 0. The number of hydrogen-bond donors (Lipinski definition) is 2. The van der Waals surface area contributed by atoms with E-state index >= 15 is 0 Å². The number of nitrogens with one attached hydrogen (secondary N) is 1. The number of nitrogens with zero attached hydrogens (tertiary/aromatic N) is 2. The van der Waals surface area contributed by atoms with Crippen LogP contribution < -0.4 is 11.1 Å². The van der Waals surface area contributed by atoms with Gasteiger partial charge in [-0.25, -0.2) is 0 Å². The van der Waals surface area contributed by atoms with Gasteiger partial charge in [0.15, 0.2) is 0 Å². The fourth-order valence-corrected chi connectivity index (χ4v) is 1.63. The van der Waals surface area contributed by atoms with Crippen LogP contribution in [0.15, 0.2) is 6.20 Å². The van der Waals surface area contributed by atoms with Crippen molar-refractivity contribution in [2.45, 2.75) is 33.7 Å². The minimum absolute atomic E-state index is 0.166. The van der Waals surface area contributed by atoms with Crippen molar-refractivity contribution >= 4 is 23.1 Å². The first-order valence-corrected chi connectivity index (χ1v) is 6.29. The first-order valence-electron chi connectivity index (χ1n) is 5.88. The summed E-state index contributed by atoms with van der Waals surface area (Å²) in [6.07, 6.45) is 2.75. The van der Waals surface area contributed by atoms with E-state index in [1.807, 2.05) is 20.2 Å². The van der Waals surface area contributed by atoms with E-state index < -0.39 is 5.41 Å². The van der Waals surface area contributed by atoms with Crippen LogP contribution in [-0.4, -0.2) is 20.7 Å². The van der Waals surface area contributed by atoms with Crippen LogP contribution in [0.3, 0.4) is 0 Å². The molecule has 0 saturated carbocycles. The summed E-state index contributed by atoms with van der Waals surface area (Å²) in [7, 11) is 1.86.